The predicted molar refractivity (Wildman–Crippen MR) is 100 cm³/mol. The number of nitrogens with one attached hydrogen (secondary N) is 1. The lowest BCUT2D eigenvalue weighted by Gasteiger charge is -2.28. The lowest BCUT2D eigenvalue weighted by Crippen LogP contribution is -2.45. The van der Waals surface area contributed by atoms with Crippen LogP contribution >= 0.6 is 0 Å². The number of urea groups is 1. The summed E-state index contributed by atoms with van der Waals surface area (Å²) in [6.07, 6.45) is -0.0482. The quantitative estimate of drug-likeness (QED) is 0.652. The molecule has 2 aromatic carbocycles. The van der Waals surface area contributed by atoms with Crippen molar-refractivity contribution < 1.29 is 19.1 Å². The van der Waals surface area contributed by atoms with Gasteiger partial charge in [-0.3, -0.25) is 14.5 Å². The van der Waals surface area contributed by atoms with Crippen LogP contribution in [0.3, 0.4) is 0 Å². The Morgan fingerprint density at radius 2 is 1.74 bits per heavy atom. The fourth-order valence-corrected chi connectivity index (χ4v) is 3.31. The molecule has 0 saturated carbocycles. The summed E-state index contributed by atoms with van der Waals surface area (Å²) < 4.78 is 4.62. The number of esters is 1. The molecule has 6 nitrogen and oxygen atoms in total. The first kappa shape index (κ1) is 18.6. The number of aryl methyl sites for hydroxylation is 2. The Kier molecular flexibility index (Phi) is 4.99. The number of imide groups is 1. The molecular weight excluding hydrogens is 344 g/mol. The summed E-state index contributed by atoms with van der Waals surface area (Å²) in [5.41, 5.74) is 2.18. The lowest BCUT2D eigenvalue weighted by molar-refractivity contribution is -0.141. The van der Waals surface area contributed by atoms with Crippen molar-refractivity contribution >= 4 is 17.9 Å². The average molecular weight is 366 g/mol. The van der Waals surface area contributed by atoms with E-state index in [2.05, 4.69) is 10.1 Å². The largest absolute Gasteiger partial charge is 0.469 e. The zero-order chi connectivity index (χ0) is 19.6. The second-order valence-corrected chi connectivity index (χ2v) is 6.63. The minimum absolute atomic E-state index is 0.0310. The van der Waals surface area contributed by atoms with Crippen LogP contribution in [-0.2, 0) is 19.9 Å². The van der Waals surface area contributed by atoms with Crippen molar-refractivity contribution in [2.75, 3.05) is 13.7 Å². The van der Waals surface area contributed by atoms with Gasteiger partial charge in [0, 0.05) is 6.54 Å². The Bertz CT molecular complexity index is 894. The number of ether oxygens (including phenoxy) is 1. The highest BCUT2D eigenvalue weighted by molar-refractivity contribution is 6.09. The van der Waals surface area contributed by atoms with Crippen molar-refractivity contribution in [3.05, 3.63) is 70.8 Å². The van der Waals surface area contributed by atoms with Gasteiger partial charge >= 0.3 is 12.0 Å². The summed E-state index contributed by atoms with van der Waals surface area (Å²) in [4.78, 5) is 38.6. The van der Waals surface area contributed by atoms with Crippen LogP contribution in [-0.4, -0.2) is 36.5 Å². The molecule has 1 atom stereocenters. The first-order valence-corrected chi connectivity index (χ1v) is 8.74. The molecule has 1 aliphatic rings. The fourth-order valence-electron chi connectivity index (χ4n) is 3.31. The Hall–Kier alpha value is -3.15. The van der Waals surface area contributed by atoms with E-state index in [4.69, 9.17) is 0 Å². The van der Waals surface area contributed by atoms with Gasteiger partial charge in [0.05, 0.1) is 13.5 Å². The maximum Gasteiger partial charge on any atom is 0.325 e. The summed E-state index contributed by atoms with van der Waals surface area (Å²) in [5, 5.41) is 2.87. The first-order valence-electron chi connectivity index (χ1n) is 8.74. The molecule has 1 heterocycles. The highest BCUT2D eigenvalue weighted by Crippen LogP contribution is 2.36. The third kappa shape index (κ3) is 3.18. The van der Waals surface area contributed by atoms with Crippen molar-refractivity contribution in [1.29, 1.82) is 0 Å². The molecule has 6 heteroatoms. The Morgan fingerprint density at radius 1 is 1.04 bits per heavy atom. The van der Waals surface area contributed by atoms with Crippen LogP contribution in [0.4, 0.5) is 4.79 Å². The summed E-state index contributed by atoms with van der Waals surface area (Å²) in [5.74, 6) is -0.871. The third-order valence-corrected chi connectivity index (χ3v) is 5.02. The number of carbonyl (C=O) groups excluding carboxylic acids is 3. The van der Waals surface area contributed by atoms with Crippen LogP contribution in [0.2, 0.25) is 0 Å². The topological polar surface area (TPSA) is 75.7 Å². The maximum absolute atomic E-state index is 13.4. The van der Waals surface area contributed by atoms with Gasteiger partial charge in [0.25, 0.3) is 5.91 Å². The molecule has 3 rings (SSSR count). The molecule has 2 aromatic rings. The van der Waals surface area contributed by atoms with E-state index in [-0.39, 0.29) is 13.0 Å². The SMILES string of the molecule is COC(=O)CCN1C(=O)N[C@@](c2ccccc2)(c2ccc(C)c(C)c2)C1=O. The summed E-state index contributed by atoms with van der Waals surface area (Å²) in [7, 11) is 1.28. The van der Waals surface area contributed by atoms with E-state index < -0.39 is 23.4 Å². The van der Waals surface area contributed by atoms with E-state index in [9.17, 15) is 14.4 Å². The summed E-state index contributed by atoms with van der Waals surface area (Å²) in [6, 6.07) is 14.3. The molecule has 3 amide bonds. The van der Waals surface area contributed by atoms with Crippen molar-refractivity contribution in [3.8, 4) is 0 Å². The monoisotopic (exact) mass is 366 g/mol. The van der Waals surface area contributed by atoms with Crippen LogP contribution in [0.1, 0.15) is 28.7 Å². The molecule has 0 unspecified atom stereocenters. The summed E-state index contributed by atoms with van der Waals surface area (Å²) >= 11 is 0. The molecule has 1 N–H and O–H groups in total. The van der Waals surface area contributed by atoms with Crippen molar-refractivity contribution in [2.45, 2.75) is 25.8 Å². The van der Waals surface area contributed by atoms with Gasteiger partial charge in [-0.25, -0.2) is 4.79 Å². The van der Waals surface area contributed by atoms with E-state index >= 15 is 0 Å². The van der Waals surface area contributed by atoms with Gasteiger partial charge in [-0.05, 0) is 36.1 Å². The number of carbonyl (C=O) groups is 3. The number of amides is 3. The van der Waals surface area contributed by atoms with E-state index in [1.165, 1.54) is 7.11 Å². The zero-order valence-corrected chi connectivity index (χ0v) is 15.6. The Morgan fingerprint density at radius 3 is 2.37 bits per heavy atom. The van der Waals surface area contributed by atoms with E-state index in [1.54, 1.807) is 0 Å². The molecular formula is C21H22N2O4. The highest BCUT2D eigenvalue weighted by Gasteiger charge is 2.53. The van der Waals surface area contributed by atoms with Crippen LogP contribution in [0.15, 0.2) is 48.5 Å². The second kappa shape index (κ2) is 7.23. The van der Waals surface area contributed by atoms with Gasteiger partial charge in [-0.1, -0.05) is 48.5 Å². The van der Waals surface area contributed by atoms with E-state index in [1.807, 2.05) is 62.4 Å². The van der Waals surface area contributed by atoms with E-state index in [0.717, 1.165) is 16.0 Å². The number of methoxy groups -OCH3 is 1. The standard InChI is InChI=1S/C21H22N2O4/c1-14-9-10-17(13-15(14)2)21(16-7-5-4-6-8-16)19(25)23(20(26)22-21)12-11-18(24)27-3/h4-10,13H,11-12H2,1-3H3,(H,22,26)/t21-/m0/s1. The molecule has 0 radical (unpaired) electrons. The van der Waals surface area contributed by atoms with Crippen LogP contribution in [0, 0.1) is 13.8 Å². The highest BCUT2D eigenvalue weighted by atomic mass is 16.5. The second-order valence-electron chi connectivity index (χ2n) is 6.63. The van der Waals surface area contributed by atoms with Crippen LogP contribution in [0.25, 0.3) is 0 Å². The molecule has 1 saturated heterocycles. The first-order chi connectivity index (χ1) is 12.9. The van der Waals surface area contributed by atoms with Gasteiger partial charge in [0.2, 0.25) is 0 Å². The van der Waals surface area contributed by atoms with Crippen molar-refractivity contribution in [1.82, 2.24) is 10.2 Å². The van der Waals surface area contributed by atoms with Crippen molar-refractivity contribution in [3.63, 3.8) is 0 Å². The smallest absolute Gasteiger partial charge is 0.325 e. The predicted octanol–water partition coefficient (Wildman–Crippen LogP) is 2.66. The van der Waals surface area contributed by atoms with Gasteiger partial charge in [0.15, 0.2) is 5.54 Å². The minimum atomic E-state index is -1.31. The molecule has 140 valence electrons. The molecule has 0 spiro atoms. The average Bonchev–Trinajstić information content (AvgIpc) is 2.93. The van der Waals surface area contributed by atoms with E-state index in [0.29, 0.717) is 11.1 Å². The van der Waals surface area contributed by atoms with Crippen LogP contribution < -0.4 is 5.32 Å². The Balaban J connectivity index is 2.09. The Labute approximate surface area is 158 Å². The number of benzene rings is 2. The molecule has 0 bridgehead atoms. The molecule has 0 aromatic heterocycles. The minimum Gasteiger partial charge on any atom is -0.469 e. The number of nitrogens with zero attached hydrogens (tertiary/aromatic N) is 1. The molecule has 1 aliphatic heterocycles. The van der Waals surface area contributed by atoms with Gasteiger partial charge < -0.3 is 10.1 Å². The maximum atomic E-state index is 13.4. The fraction of sp³-hybridized carbons (Fsp3) is 0.286. The van der Waals surface area contributed by atoms with Gasteiger partial charge in [0.1, 0.15) is 0 Å². The zero-order valence-electron chi connectivity index (χ0n) is 15.6. The summed E-state index contributed by atoms with van der Waals surface area (Å²) in [6.45, 7) is 3.93. The third-order valence-electron chi connectivity index (χ3n) is 5.02. The lowest BCUT2D eigenvalue weighted by atomic mass is 9.81. The molecule has 1 fully saturated rings. The molecule has 27 heavy (non-hydrogen) atoms. The normalized spacial score (nSPS) is 19.1. The van der Waals surface area contributed by atoms with Crippen LogP contribution in [0.5, 0.6) is 0 Å². The molecule has 0 aliphatic carbocycles. The van der Waals surface area contributed by atoms with Gasteiger partial charge in [-0.2, -0.15) is 0 Å². The van der Waals surface area contributed by atoms with Gasteiger partial charge in [-0.15, -0.1) is 0 Å². The van der Waals surface area contributed by atoms with Crippen molar-refractivity contribution in [2.24, 2.45) is 0 Å². The number of hydrogen-bond acceptors (Lipinski definition) is 4. The number of rotatable bonds is 5. The number of hydrogen-bond donors (Lipinski definition) is 1.